The number of nitrogen functional groups attached to an aromatic ring is 1. The van der Waals surface area contributed by atoms with Crippen LogP contribution in [-0.4, -0.2) is 51.2 Å². The van der Waals surface area contributed by atoms with Crippen molar-refractivity contribution in [1.29, 1.82) is 0 Å². The molecule has 14 heteroatoms. The number of rotatable bonds is 14. The summed E-state index contributed by atoms with van der Waals surface area (Å²) in [6, 6.07) is 17.3. The van der Waals surface area contributed by atoms with Crippen molar-refractivity contribution in [3.63, 3.8) is 0 Å². The lowest BCUT2D eigenvalue weighted by Crippen LogP contribution is -2.09. The minimum atomic E-state index is -3.50. The predicted octanol–water partition coefficient (Wildman–Crippen LogP) is 6.18. The third kappa shape index (κ3) is 7.82. The molecule has 0 fully saturated rings. The molecule has 2 heterocycles. The third-order valence-corrected chi connectivity index (χ3v) is 8.64. The maximum atomic E-state index is 10.6. The van der Waals surface area contributed by atoms with Gasteiger partial charge in [-0.3, -0.25) is 9.05 Å². The highest BCUT2D eigenvalue weighted by molar-refractivity contribution is 7.56. The van der Waals surface area contributed by atoms with Gasteiger partial charge in [-0.15, -0.1) is 18.1 Å². The van der Waals surface area contributed by atoms with E-state index in [4.69, 9.17) is 42.8 Å². The second-order valence-corrected chi connectivity index (χ2v) is 11.6. The molecule has 2 aromatic carbocycles. The van der Waals surface area contributed by atoms with E-state index in [0.29, 0.717) is 45.4 Å². The van der Waals surface area contributed by atoms with Gasteiger partial charge in [-0.2, -0.15) is 9.79 Å². The molecule has 0 bridgehead atoms. The van der Waals surface area contributed by atoms with E-state index < -0.39 is 16.3 Å². The Balaban J connectivity index is 1.70. The van der Waals surface area contributed by atoms with Crippen molar-refractivity contribution in [2.45, 2.75) is 27.7 Å². The van der Waals surface area contributed by atoms with Crippen molar-refractivity contribution < 1.29 is 36.9 Å². The van der Waals surface area contributed by atoms with Gasteiger partial charge in [-0.25, -0.2) is 15.0 Å². The fourth-order valence-electron chi connectivity index (χ4n) is 3.81. The van der Waals surface area contributed by atoms with Gasteiger partial charge >= 0.3 is 16.3 Å². The van der Waals surface area contributed by atoms with Gasteiger partial charge in [0.05, 0.1) is 37.8 Å². The van der Waals surface area contributed by atoms with E-state index >= 15 is 0 Å². The Morgan fingerprint density at radius 2 is 1.00 bits per heavy atom. The van der Waals surface area contributed by atoms with Gasteiger partial charge in [0.25, 0.3) is 0 Å². The quantitative estimate of drug-likeness (QED) is 0.140. The summed E-state index contributed by atoms with van der Waals surface area (Å²) < 4.78 is 32.7. The van der Waals surface area contributed by atoms with E-state index in [1.54, 1.807) is 88.4 Å². The van der Waals surface area contributed by atoms with Crippen LogP contribution in [0.3, 0.4) is 0 Å². The molecule has 0 aliphatic carbocycles. The summed E-state index contributed by atoms with van der Waals surface area (Å²) in [5, 5.41) is 0. The number of pyridine rings is 1. The minimum absolute atomic E-state index is 0.233. The molecule has 0 atom stereocenters. The van der Waals surface area contributed by atoms with Crippen molar-refractivity contribution in [3.8, 4) is 34.0 Å². The Bertz CT molecular complexity index is 1430. The first-order chi connectivity index (χ1) is 19.7. The van der Waals surface area contributed by atoms with Crippen LogP contribution in [0.5, 0.6) is 11.5 Å². The first kappa shape index (κ1) is 30.9. The summed E-state index contributed by atoms with van der Waals surface area (Å²) in [6.07, 6.45) is 0. The van der Waals surface area contributed by atoms with E-state index in [9.17, 15) is 9.79 Å². The fourth-order valence-corrected chi connectivity index (χ4v) is 6.25. The van der Waals surface area contributed by atoms with Gasteiger partial charge in [-0.1, -0.05) is 0 Å². The van der Waals surface area contributed by atoms with Gasteiger partial charge < -0.3 is 5.73 Å². The standard InChI is InChI=1S/C27H34N4O8P2/c1-5-34-40(32,35-6-2)38-21-13-9-19(10-14-21)25-26(31-27-23(29-25)17-18-24(28)30-27)20-11-15-22(16-12-20)39-41(33,36-7-3)37-8-4/h9-18,32-33H,5-8H2,1-4H3,(H2,28,30,31)/q+2. The largest absolute Gasteiger partial charge is 0.619 e. The highest BCUT2D eigenvalue weighted by Crippen LogP contribution is 2.58. The van der Waals surface area contributed by atoms with Crippen molar-refractivity contribution in [1.82, 2.24) is 15.0 Å². The van der Waals surface area contributed by atoms with Gasteiger partial charge in [0.15, 0.2) is 17.1 Å². The molecule has 0 aliphatic rings. The average Bonchev–Trinajstić information content (AvgIpc) is 2.93. The Morgan fingerprint density at radius 1 is 0.585 bits per heavy atom. The highest BCUT2D eigenvalue weighted by Gasteiger charge is 2.46. The van der Waals surface area contributed by atoms with Crippen LogP contribution in [0.25, 0.3) is 33.7 Å². The fraction of sp³-hybridized carbons (Fsp3) is 0.296. The lowest BCUT2D eigenvalue weighted by atomic mass is 10.0. The van der Waals surface area contributed by atoms with Gasteiger partial charge in [0.2, 0.25) is 0 Å². The molecular weight excluding hydrogens is 570 g/mol. The van der Waals surface area contributed by atoms with E-state index in [-0.39, 0.29) is 26.4 Å². The molecule has 2 aromatic heterocycles. The Hall–Kier alpha value is -3.05. The minimum Gasteiger partial charge on any atom is -0.384 e. The lowest BCUT2D eigenvalue weighted by molar-refractivity contribution is 0.132. The van der Waals surface area contributed by atoms with E-state index in [1.165, 1.54) is 0 Å². The number of nitrogens with two attached hydrogens (primary N) is 1. The SMILES string of the molecule is CCO[P+](O)(OCC)Oc1ccc(-c2nc3ccc(N)nc3nc2-c2ccc(O[P+](O)(OCC)OCC)cc2)cc1. The number of hydrogen-bond donors (Lipinski definition) is 3. The number of anilines is 1. The molecule has 0 spiro atoms. The van der Waals surface area contributed by atoms with Crippen LogP contribution >= 0.6 is 16.3 Å². The number of nitrogens with zero attached hydrogens (tertiary/aromatic N) is 3. The molecule has 218 valence electrons. The van der Waals surface area contributed by atoms with Crippen LogP contribution in [0.2, 0.25) is 0 Å². The van der Waals surface area contributed by atoms with Crippen LogP contribution in [-0.2, 0) is 18.1 Å². The number of hydrogen-bond acceptors (Lipinski definition) is 12. The van der Waals surface area contributed by atoms with E-state index in [0.717, 1.165) is 5.56 Å². The van der Waals surface area contributed by atoms with E-state index in [2.05, 4.69) is 4.98 Å². The Labute approximate surface area is 239 Å². The molecule has 0 amide bonds. The summed E-state index contributed by atoms with van der Waals surface area (Å²) in [7, 11) is -7.00. The number of fused-ring (bicyclic) bond motifs is 1. The molecule has 4 rings (SSSR count). The van der Waals surface area contributed by atoms with Crippen LogP contribution in [0, 0.1) is 0 Å². The Morgan fingerprint density at radius 3 is 1.41 bits per heavy atom. The molecule has 41 heavy (non-hydrogen) atoms. The Kier molecular flexibility index (Phi) is 10.4. The molecule has 0 saturated heterocycles. The zero-order valence-corrected chi connectivity index (χ0v) is 25.0. The van der Waals surface area contributed by atoms with Crippen LogP contribution in [0.4, 0.5) is 5.82 Å². The highest BCUT2D eigenvalue weighted by atomic mass is 31.2. The van der Waals surface area contributed by atoms with Gasteiger partial charge in [0.1, 0.15) is 11.3 Å². The normalized spacial score (nSPS) is 12.0. The lowest BCUT2D eigenvalue weighted by Gasteiger charge is -2.15. The maximum absolute atomic E-state index is 10.6. The summed E-state index contributed by atoms with van der Waals surface area (Å²) in [5.74, 6) is 1.06. The summed E-state index contributed by atoms with van der Waals surface area (Å²) >= 11 is 0. The molecular formula is C27H34N4O8P2+2. The summed E-state index contributed by atoms with van der Waals surface area (Å²) in [6.45, 7) is 7.92. The molecule has 0 unspecified atom stereocenters. The zero-order valence-electron chi connectivity index (χ0n) is 23.3. The van der Waals surface area contributed by atoms with Crippen molar-refractivity contribution >= 4 is 33.3 Å². The molecule has 0 aliphatic heterocycles. The van der Waals surface area contributed by atoms with Crippen molar-refractivity contribution in [2.75, 3.05) is 32.2 Å². The van der Waals surface area contributed by atoms with Crippen molar-refractivity contribution in [3.05, 3.63) is 60.7 Å². The van der Waals surface area contributed by atoms with Crippen LogP contribution in [0.15, 0.2) is 60.7 Å². The van der Waals surface area contributed by atoms with Crippen LogP contribution in [0.1, 0.15) is 27.7 Å². The van der Waals surface area contributed by atoms with Crippen LogP contribution < -0.4 is 14.8 Å². The predicted molar refractivity (Wildman–Crippen MR) is 159 cm³/mol. The average molecular weight is 605 g/mol. The molecule has 0 radical (unpaired) electrons. The summed E-state index contributed by atoms with van der Waals surface area (Å²) in [5.41, 5.74) is 9.44. The first-order valence-corrected chi connectivity index (χ1v) is 16.1. The topological polar surface area (TPSA) is 161 Å². The molecule has 0 saturated carbocycles. The maximum Gasteiger partial charge on any atom is 0.619 e. The third-order valence-electron chi connectivity index (χ3n) is 5.42. The van der Waals surface area contributed by atoms with Gasteiger partial charge in [-0.05, 0) is 88.4 Å². The van der Waals surface area contributed by atoms with Gasteiger partial charge in [0, 0.05) is 11.1 Å². The summed E-state index contributed by atoms with van der Waals surface area (Å²) in [4.78, 5) is 35.2. The first-order valence-electron chi connectivity index (χ1n) is 13.1. The zero-order chi connectivity index (χ0) is 29.5. The van der Waals surface area contributed by atoms with E-state index in [1.807, 2.05) is 0 Å². The second-order valence-electron chi connectivity index (χ2n) is 8.34. The second kappa shape index (κ2) is 13.7. The molecule has 12 nitrogen and oxygen atoms in total. The number of aromatic nitrogens is 3. The smallest absolute Gasteiger partial charge is 0.384 e. The molecule has 4 N–H and O–H groups in total. The van der Waals surface area contributed by atoms with Crippen molar-refractivity contribution in [2.24, 2.45) is 0 Å². The monoisotopic (exact) mass is 604 g/mol. The number of benzene rings is 2. The molecule has 4 aromatic rings.